The molecule has 11 heteroatoms. The molecule has 0 spiro atoms. The Kier molecular flexibility index (Phi) is 4.97. The number of aromatic nitrogens is 2. The number of nitrogens with zero attached hydrogens (tertiary/aromatic N) is 4. The molecule has 0 fully saturated rings. The topological polar surface area (TPSA) is 121 Å². The van der Waals surface area contributed by atoms with Gasteiger partial charge in [0.2, 0.25) is 0 Å². The highest BCUT2D eigenvalue weighted by Gasteiger charge is 2.36. The van der Waals surface area contributed by atoms with Crippen molar-refractivity contribution in [1.82, 2.24) is 9.97 Å². The Bertz CT molecular complexity index is 1670. The first-order valence-electron chi connectivity index (χ1n) is 9.82. The van der Waals surface area contributed by atoms with Gasteiger partial charge in [-0.3, -0.25) is 9.29 Å². The van der Waals surface area contributed by atoms with Crippen LogP contribution in [-0.2, 0) is 19.9 Å². The minimum Gasteiger partial charge on any atom is -0.264 e. The summed E-state index contributed by atoms with van der Waals surface area (Å²) in [7, 11) is -7.67. The molecule has 1 aliphatic heterocycles. The van der Waals surface area contributed by atoms with Crippen LogP contribution >= 0.6 is 11.3 Å². The summed E-state index contributed by atoms with van der Waals surface area (Å²) in [6.07, 6.45) is 1.41. The molecule has 3 heterocycles. The molecule has 0 aliphatic carbocycles. The molecule has 0 amide bonds. The quantitative estimate of drug-likeness (QED) is 0.425. The van der Waals surface area contributed by atoms with Crippen molar-refractivity contribution in [2.75, 3.05) is 16.6 Å². The van der Waals surface area contributed by atoms with E-state index in [2.05, 4.69) is 9.97 Å². The lowest BCUT2D eigenvalue weighted by molar-refractivity contribution is 0.584. The minimum atomic E-state index is -4.03. The standard InChI is InChI=1S/C22H16N4O4S3/c1-14-25-19-6-4-17(11-21(19)31-14)33(29,30)26-8-9-32(27,28)22-7-3-16(10-20(22)26)18-5-2-15(12-23)13-24-18/h2-7,10-11,13H,8-9H2,1H3. The van der Waals surface area contributed by atoms with Crippen molar-refractivity contribution >= 4 is 47.1 Å². The number of benzene rings is 2. The summed E-state index contributed by atoms with van der Waals surface area (Å²) in [5.41, 5.74) is 2.23. The molecule has 0 unspecified atom stereocenters. The van der Waals surface area contributed by atoms with Crippen molar-refractivity contribution in [3.8, 4) is 17.3 Å². The fourth-order valence-electron chi connectivity index (χ4n) is 3.76. The number of nitriles is 1. The maximum Gasteiger partial charge on any atom is 0.264 e. The van der Waals surface area contributed by atoms with Gasteiger partial charge >= 0.3 is 0 Å². The van der Waals surface area contributed by atoms with Gasteiger partial charge in [0.15, 0.2) is 9.84 Å². The van der Waals surface area contributed by atoms with Crippen LogP contribution < -0.4 is 4.31 Å². The van der Waals surface area contributed by atoms with E-state index in [0.717, 1.165) is 14.0 Å². The van der Waals surface area contributed by atoms with E-state index in [0.29, 0.717) is 22.3 Å². The molecular formula is C22H16N4O4S3. The van der Waals surface area contributed by atoms with Gasteiger partial charge in [-0.1, -0.05) is 6.07 Å². The van der Waals surface area contributed by atoms with Crippen LogP contribution in [0.15, 0.2) is 64.5 Å². The number of aryl methyl sites for hydroxylation is 1. The van der Waals surface area contributed by atoms with E-state index in [1.165, 1.54) is 35.7 Å². The third-order valence-electron chi connectivity index (χ3n) is 5.37. The van der Waals surface area contributed by atoms with E-state index in [-0.39, 0.29) is 27.8 Å². The van der Waals surface area contributed by atoms with Crippen molar-refractivity contribution in [2.24, 2.45) is 0 Å². The van der Waals surface area contributed by atoms with Crippen molar-refractivity contribution < 1.29 is 16.8 Å². The summed E-state index contributed by atoms with van der Waals surface area (Å²) in [6, 6.07) is 14.5. The van der Waals surface area contributed by atoms with Gasteiger partial charge in [0.1, 0.15) is 6.07 Å². The van der Waals surface area contributed by atoms with E-state index in [1.54, 1.807) is 30.3 Å². The Labute approximate surface area is 194 Å². The lowest BCUT2D eigenvalue weighted by atomic mass is 10.1. The molecule has 0 atom stereocenters. The van der Waals surface area contributed by atoms with E-state index in [9.17, 15) is 16.8 Å². The van der Waals surface area contributed by atoms with Gasteiger partial charge in [0, 0.05) is 18.3 Å². The summed E-state index contributed by atoms with van der Waals surface area (Å²) >= 11 is 1.40. The molecule has 2 aromatic heterocycles. The summed E-state index contributed by atoms with van der Waals surface area (Å²) < 4.78 is 54.5. The zero-order chi connectivity index (χ0) is 23.4. The predicted molar refractivity (Wildman–Crippen MR) is 125 cm³/mol. The van der Waals surface area contributed by atoms with Gasteiger partial charge < -0.3 is 0 Å². The highest BCUT2D eigenvalue weighted by molar-refractivity contribution is 7.94. The van der Waals surface area contributed by atoms with E-state index in [4.69, 9.17) is 5.26 Å². The van der Waals surface area contributed by atoms with Crippen LogP contribution in [0.3, 0.4) is 0 Å². The number of pyridine rings is 1. The Hall–Kier alpha value is -3.33. The average molecular weight is 497 g/mol. The van der Waals surface area contributed by atoms with Crippen molar-refractivity contribution in [1.29, 1.82) is 5.26 Å². The van der Waals surface area contributed by atoms with Crippen LogP contribution in [0.1, 0.15) is 10.6 Å². The molecule has 33 heavy (non-hydrogen) atoms. The molecule has 0 N–H and O–H groups in total. The number of hydrogen-bond acceptors (Lipinski definition) is 8. The number of rotatable bonds is 3. The van der Waals surface area contributed by atoms with Crippen molar-refractivity contribution in [3.63, 3.8) is 0 Å². The average Bonchev–Trinajstić information content (AvgIpc) is 3.18. The van der Waals surface area contributed by atoms with Gasteiger partial charge in [-0.15, -0.1) is 11.3 Å². The molecule has 8 nitrogen and oxygen atoms in total. The van der Waals surface area contributed by atoms with E-state index >= 15 is 0 Å². The van der Waals surface area contributed by atoms with Crippen LogP contribution in [0.25, 0.3) is 21.5 Å². The Morgan fingerprint density at radius 2 is 1.94 bits per heavy atom. The molecule has 166 valence electrons. The Morgan fingerprint density at radius 3 is 2.67 bits per heavy atom. The van der Waals surface area contributed by atoms with E-state index in [1.807, 2.05) is 13.0 Å². The maximum absolute atomic E-state index is 13.6. The SMILES string of the molecule is Cc1nc2ccc(S(=O)(=O)N3CCS(=O)(=O)c4ccc(-c5ccc(C#N)cn5)cc43)cc2s1. The lowest BCUT2D eigenvalue weighted by Gasteiger charge is -2.30. The fraction of sp³-hybridized carbons (Fsp3) is 0.136. The first-order chi connectivity index (χ1) is 15.7. The Morgan fingerprint density at radius 1 is 1.12 bits per heavy atom. The van der Waals surface area contributed by atoms with E-state index < -0.39 is 19.9 Å². The minimum absolute atomic E-state index is 0.0376. The third kappa shape index (κ3) is 3.66. The first kappa shape index (κ1) is 21.5. The van der Waals surface area contributed by atoms with Crippen molar-refractivity contribution in [2.45, 2.75) is 16.7 Å². The maximum atomic E-state index is 13.6. The second-order valence-electron chi connectivity index (χ2n) is 7.48. The lowest BCUT2D eigenvalue weighted by Crippen LogP contribution is -2.39. The highest BCUT2D eigenvalue weighted by atomic mass is 32.2. The summed E-state index contributed by atoms with van der Waals surface area (Å²) in [5, 5.41) is 9.81. The van der Waals surface area contributed by atoms with Gasteiger partial charge in [-0.05, 0) is 49.4 Å². The molecule has 0 saturated carbocycles. The third-order valence-corrected chi connectivity index (χ3v) is 9.85. The largest absolute Gasteiger partial charge is 0.264 e. The normalized spacial score (nSPS) is 15.2. The number of sulfonamides is 1. The Balaban J connectivity index is 1.65. The molecule has 1 aliphatic rings. The number of fused-ring (bicyclic) bond motifs is 2. The molecule has 5 rings (SSSR count). The summed E-state index contributed by atoms with van der Waals surface area (Å²) in [6.45, 7) is 1.66. The number of anilines is 1. The van der Waals surface area contributed by atoms with Crippen molar-refractivity contribution in [3.05, 3.63) is 65.3 Å². The molecule has 0 bridgehead atoms. The van der Waals surface area contributed by atoms with Crippen LogP contribution in [0.2, 0.25) is 0 Å². The van der Waals surface area contributed by atoms with Gasteiger partial charge in [-0.2, -0.15) is 5.26 Å². The molecular weight excluding hydrogens is 480 g/mol. The summed E-state index contributed by atoms with van der Waals surface area (Å²) in [5.74, 6) is -0.310. The molecule has 4 aromatic rings. The first-order valence-corrected chi connectivity index (χ1v) is 13.7. The number of hydrogen-bond donors (Lipinski definition) is 0. The zero-order valence-corrected chi connectivity index (χ0v) is 19.7. The monoisotopic (exact) mass is 496 g/mol. The van der Waals surface area contributed by atoms with Gasteiger partial charge in [-0.25, -0.2) is 21.8 Å². The van der Waals surface area contributed by atoms with Crippen LogP contribution in [0.4, 0.5) is 5.69 Å². The summed E-state index contributed by atoms with van der Waals surface area (Å²) in [4.78, 5) is 8.64. The second kappa shape index (κ2) is 7.62. The van der Waals surface area contributed by atoms with Gasteiger partial charge in [0.25, 0.3) is 10.0 Å². The van der Waals surface area contributed by atoms with Crippen LogP contribution in [-0.4, -0.2) is 39.1 Å². The molecule has 0 saturated heterocycles. The second-order valence-corrected chi connectivity index (χ2v) is 12.7. The van der Waals surface area contributed by atoms with Crippen LogP contribution in [0, 0.1) is 18.3 Å². The highest BCUT2D eigenvalue weighted by Crippen LogP contribution is 2.38. The predicted octanol–water partition coefficient (Wildman–Crippen LogP) is 3.52. The number of thiazole rings is 1. The van der Waals surface area contributed by atoms with Gasteiger partial charge in [0.05, 0.1) is 47.7 Å². The smallest absolute Gasteiger partial charge is 0.264 e. The van der Waals surface area contributed by atoms with Crippen LogP contribution in [0.5, 0.6) is 0 Å². The number of sulfone groups is 1. The molecule has 2 aromatic carbocycles. The fourth-order valence-corrected chi connectivity index (χ4v) is 7.78. The molecule has 0 radical (unpaired) electrons. The zero-order valence-electron chi connectivity index (χ0n) is 17.3.